The van der Waals surface area contributed by atoms with Gasteiger partial charge in [0, 0.05) is 32.0 Å². The van der Waals surface area contributed by atoms with Gasteiger partial charge in [-0.1, -0.05) is 18.2 Å². The van der Waals surface area contributed by atoms with Crippen LogP contribution in [0.25, 0.3) is 0 Å². The van der Waals surface area contributed by atoms with Crippen molar-refractivity contribution in [2.75, 3.05) is 13.3 Å². The van der Waals surface area contributed by atoms with Crippen LogP contribution >= 0.6 is 0 Å². The zero-order valence-corrected chi connectivity index (χ0v) is 13.7. The third-order valence-corrected chi connectivity index (χ3v) is 4.30. The van der Waals surface area contributed by atoms with Crippen LogP contribution in [0.15, 0.2) is 54.9 Å². The topological polar surface area (TPSA) is 63.7 Å². The van der Waals surface area contributed by atoms with Crippen molar-refractivity contribution in [3.05, 3.63) is 66.0 Å². The molecule has 2 aliphatic heterocycles. The summed E-state index contributed by atoms with van der Waals surface area (Å²) >= 11 is 0. The van der Waals surface area contributed by atoms with Crippen LogP contribution in [-0.2, 0) is 17.9 Å². The quantitative estimate of drug-likeness (QED) is 0.844. The Bertz CT molecular complexity index is 792. The molecule has 4 rings (SSSR count). The fourth-order valence-corrected chi connectivity index (χ4v) is 3.01. The molecule has 1 amide bonds. The Morgan fingerprint density at radius 1 is 1.12 bits per heavy atom. The molecule has 6 nitrogen and oxygen atoms in total. The van der Waals surface area contributed by atoms with Crippen LogP contribution in [-0.4, -0.2) is 35.2 Å². The lowest BCUT2D eigenvalue weighted by Crippen LogP contribution is -2.42. The smallest absolute Gasteiger partial charge is 0.244 e. The van der Waals surface area contributed by atoms with Gasteiger partial charge in [0.05, 0.1) is 0 Å². The molecule has 0 saturated heterocycles. The van der Waals surface area contributed by atoms with Gasteiger partial charge in [-0.2, -0.15) is 0 Å². The minimum absolute atomic E-state index is 0.0585. The molecule has 0 saturated carbocycles. The number of pyridine rings is 1. The van der Waals surface area contributed by atoms with E-state index >= 15 is 0 Å². The summed E-state index contributed by atoms with van der Waals surface area (Å²) in [5.74, 6) is 1.53. The first-order valence-electron chi connectivity index (χ1n) is 8.26. The first-order valence-corrected chi connectivity index (χ1v) is 8.26. The summed E-state index contributed by atoms with van der Waals surface area (Å²) in [6.07, 6.45) is 7.38. The fourth-order valence-electron chi connectivity index (χ4n) is 3.01. The Hall–Kier alpha value is -2.86. The van der Waals surface area contributed by atoms with Crippen molar-refractivity contribution < 1.29 is 14.3 Å². The van der Waals surface area contributed by atoms with Gasteiger partial charge in [-0.05, 0) is 35.4 Å². The van der Waals surface area contributed by atoms with E-state index in [4.69, 9.17) is 9.47 Å². The average molecular weight is 337 g/mol. The number of carbonyl (C=O) groups excluding carboxylic acids is 1. The highest BCUT2D eigenvalue weighted by atomic mass is 16.7. The van der Waals surface area contributed by atoms with Gasteiger partial charge in [0.2, 0.25) is 12.7 Å². The first-order chi connectivity index (χ1) is 12.3. The molecule has 1 aromatic heterocycles. The normalized spacial score (nSPS) is 17.7. The van der Waals surface area contributed by atoms with Crippen LogP contribution in [0.5, 0.6) is 11.5 Å². The fraction of sp³-hybridized carbons (Fsp3) is 0.263. The lowest BCUT2D eigenvalue weighted by atomic mass is 10.1. The summed E-state index contributed by atoms with van der Waals surface area (Å²) in [5, 5.41) is 3.19. The lowest BCUT2D eigenvalue weighted by molar-refractivity contribution is -0.133. The molecule has 0 spiro atoms. The molecular formula is C19H19N3O3. The van der Waals surface area contributed by atoms with Crippen molar-refractivity contribution in [3.63, 3.8) is 0 Å². The van der Waals surface area contributed by atoms with Crippen LogP contribution in [0, 0.1) is 0 Å². The number of nitrogens with one attached hydrogen (secondary N) is 1. The second-order valence-electron chi connectivity index (χ2n) is 6.05. The number of aromatic nitrogens is 1. The summed E-state index contributed by atoms with van der Waals surface area (Å²) in [7, 11) is 0. The van der Waals surface area contributed by atoms with E-state index < -0.39 is 0 Å². The van der Waals surface area contributed by atoms with E-state index in [2.05, 4.69) is 10.3 Å². The van der Waals surface area contributed by atoms with E-state index in [1.807, 2.05) is 47.4 Å². The number of amides is 1. The van der Waals surface area contributed by atoms with Crippen LogP contribution < -0.4 is 14.8 Å². The van der Waals surface area contributed by atoms with Crippen molar-refractivity contribution in [3.8, 4) is 11.5 Å². The maximum Gasteiger partial charge on any atom is 0.244 e. The van der Waals surface area contributed by atoms with Crippen molar-refractivity contribution >= 4 is 5.91 Å². The van der Waals surface area contributed by atoms with Gasteiger partial charge in [-0.15, -0.1) is 0 Å². The molecule has 2 aromatic rings. The molecule has 128 valence electrons. The molecule has 3 heterocycles. The number of nitrogens with zero attached hydrogens (tertiary/aromatic N) is 2. The van der Waals surface area contributed by atoms with E-state index in [9.17, 15) is 4.79 Å². The third-order valence-electron chi connectivity index (χ3n) is 4.30. The van der Waals surface area contributed by atoms with Crippen molar-refractivity contribution in [1.82, 2.24) is 15.2 Å². The van der Waals surface area contributed by atoms with Crippen LogP contribution in [0.3, 0.4) is 0 Å². The van der Waals surface area contributed by atoms with Gasteiger partial charge >= 0.3 is 0 Å². The van der Waals surface area contributed by atoms with Crippen molar-refractivity contribution in [1.29, 1.82) is 0 Å². The van der Waals surface area contributed by atoms with Gasteiger partial charge in [0.15, 0.2) is 11.5 Å². The number of ether oxygens (including phenoxy) is 2. The zero-order chi connectivity index (χ0) is 17.1. The highest BCUT2D eigenvalue weighted by Crippen LogP contribution is 2.33. The Balaban J connectivity index is 1.56. The summed E-state index contributed by atoms with van der Waals surface area (Å²) in [4.78, 5) is 18.8. The first kappa shape index (κ1) is 15.7. The Morgan fingerprint density at radius 3 is 2.72 bits per heavy atom. The molecule has 1 N–H and O–H groups in total. The standard InChI is InChI=1S/C19H19N3O3/c23-19(16-2-1-7-21-16)22(11-14-5-8-20-9-6-14)12-15-3-4-17-18(10-15)25-13-24-17/h1-6,8-10,16,21H,7,11-13H2/t16-/m1/s1. The number of rotatable bonds is 5. The van der Waals surface area contributed by atoms with Crippen LogP contribution in [0.2, 0.25) is 0 Å². The number of hydrogen-bond donors (Lipinski definition) is 1. The lowest BCUT2D eigenvalue weighted by Gasteiger charge is -2.25. The highest BCUT2D eigenvalue weighted by Gasteiger charge is 2.24. The van der Waals surface area contributed by atoms with Gasteiger partial charge in [-0.3, -0.25) is 15.1 Å². The van der Waals surface area contributed by atoms with E-state index in [-0.39, 0.29) is 18.7 Å². The van der Waals surface area contributed by atoms with Crippen LogP contribution in [0.1, 0.15) is 11.1 Å². The Kier molecular flexibility index (Phi) is 4.35. The summed E-state index contributed by atoms with van der Waals surface area (Å²) in [6.45, 7) is 2.00. The molecule has 0 fully saturated rings. The molecule has 0 unspecified atom stereocenters. The Labute approximate surface area is 146 Å². The monoisotopic (exact) mass is 337 g/mol. The third kappa shape index (κ3) is 3.49. The second-order valence-corrected chi connectivity index (χ2v) is 6.05. The highest BCUT2D eigenvalue weighted by molar-refractivity contribution is 5.84. The van der Waals surface area contributed by atoms with E-state index in [1.165, 1.54) is 0 Å². The molecule has 1 aromatic carbocycles. The SMILES string of the molecule is O=C([C@H]1C=CCN1)N(Cc1ccncc1)Cc1ccc2c(c1)OCO2. The molecule has 25 heavy (non-hydrogen) atoms. The number of benzene rings is 1. The molecule has 0 radical (unpaired) electrons. The summed E-state index contributed by atoms with van der Waals surface area (Å²) < 4.78 is 10.8. The molecular weight excluding hydrogens is 318 g/mol. The maximum absolute atomic E-state index is 12.9. The molecule has 1 atom stereocenters. The molecule has 6 heteroatoms. The molecule has 2 aliphatic rings. The predicted molar refractivity (Wildman–Crippen MR) is 92.0 cm³/mol. The van der Waals surface area contributed by atoms with E-state index in [0.29, 0.717) is 13.1 Å². The van der Waals surface area contributed by atoms with Crippen LogP contribution in [0.4, 0.5) is 0 Å². The predicted octanol–water partition coefficient (Wildman–Crippen LogP) is 1.87. The summed E-state index contributed by atoms with van der Waals surface area (Å²) in [5.41, 5.74) is 2.06. The summed E-state index contributed by atoms with van der Waals surface area (Å²) in [6, 6.07) is 9.39. The number of hydrogen-bond acceptors (Lipinski definition) is 5. The molecule has 0 bridgehead atoms. The van der Waals surface area contributed by atoms with Gasteiger partial charge in [0.25, 0.3) is 0 Å². The van der Waals surface area contributed by atoms with E-state index in [1.54, 1.807) is 12.4 Å². The minimum Gasteiger partial charge on any atom is -0.454 e. The minimum atomic E-state index is -0.268. The van der Waals surface area contributed by atoms with Crippen molar-refractivity contribution in [2.45, 2.75) is 19.1 Å². The number of fused-ring (bicyclic) bond motifs is 1. The van der Waals surface area contributed by atoms with E-state index in [0.717, 1.165) is 29.2 Å². The van der Waals surface area contributed by atoms with Gasteiger partial charge < -0.3 is 14.4 Å². The second kappa shape index (κ2) is 6.94. The zero-order valence-electron chi connectivity index (χ0n) is 13.7. The maximum atomic E-state index is 12.9. The van der Waals surface area contributed by atoms with Gasteiger partial charge in [0.1, 0.15) is 6.04 Å². The van der Waals surface area contributed by atoms with Gasteiger partial charge in [-0.25, -0.2) is 0 Å². The molecule has 0 aliphatic carbocycles. The largest absolute Gasteiger partial charge is 0.454 e. The number of carbonyl (C=O) groups is 1. The van der Waals surface area contributed by atoms with Crippen molar-refractivity contribution in [2.24, 2.45) is 0 Å². The Morgan fingerprint density at radius 2 is 1.92 bits per heavy atom. The average Bonchev–Trinajstić information content (AvgIpc) is 3.33.